The molecule has 0 unspecified atom stereocenters. The number of benzene rings is 2. The van der Waals surface area contributed by atoms with Gasteiger partial charge in [0.15, 0.2) is 0 Å². The monoisotopic (exact) mass is 460 g/mol. The van der Waals surface area contributed by atoms with Crippen LogP contribution in [0.4, 0.5) is 4.39 Å². The molecule has 6 nitrogen and oxygen atoms in total. The molecule has 4 rings (SSSR count). The van der Waals surface area contributed by atoms with Crippen LogP contribution < -0.4 is 4.74 Å². The SMILES string of the molecule is CN1CCCCN(S(=O)(=O)c2cccc(F)c2)[C@@H]2CCCC[C@@H]2Oc2ccccc2C1=O. The van der Waals surface area contributed by atoms with E-state index in [9.17, 15) is 17.6 Å². The number of hydrogen-bond acceptors (Lipinski definition) is 4. The van der Waals surface area contributed by atoms with E-state index in [4.69, 9.17) is 4.74 Å². The Morgan fingerprint density at radius 1 is 0.969 bits per heavy atom. The van der Waals surface area contributed by atoms with Crippen LogP contribution in [0, 0.1) is 5.82 Å². The minimum atomic E-state index is -3.91. The van der Waals surface area contributed by atoms with Crippen LogP contribution in [0.15, 0.2) is 53.4 Å². The third-order valence-corrected chi connectivity index (χ3v) is 8.23. The van der Waals surface area contributed by atoms with Crippen LogP contribution in [0.25, 0.3) is 0 Å². The first-order chi connectivity index (χ1) is 15.4. The van der Waals surface area contributed by atoms with Gasteiger partial charge in [0.1, 0.15) is 17.7 Å². The van der Waals surface area contributed by atoms with Crippen molar-refractivity contribution in [2.75, 3.05) is 20.1 Å². The minimum absolute atomic E-state index is 0.0402. The molecule has 0 N–H and O–H groups in total. The summed E-state index contributed by atoms with van der Waals surface area (Å²) in [6.07, 6.45) is 4.04. The van der Waals surface area contributed by atoms with E-state index in [1.54, 1.807) is 30.1 Å². The van der Waals surface area contributed by atoms with E-state index in [-0.39, 0.29) is 22.9 Å². The van der Waals surface area contributed by atoms with Gasteiger partial charge in [-0.25, -0.2) is 12.8 Å². The number of nitrogens with zero attached hydrogens (tertiary/aromatic N) is 2. The van der Waals surface area contributed by atoms with Gasteiger partial charge in [-0.3, -0.25) is 4.79 Å². The topological polar surface area (TPSA) is 66.9 Å². The summed E-state index contributed by atoms with van der Waals surface area (Å²) in [5, 5.41) is 0. The molecule has 1 aliphatic heterocycles. The van der Waals surface area contributed by atoms with Gasteiger partial charge in [-0.15, -0.1) is 0 Å². The largest absolute Gasteiger partial charge is 0.488 e. The predicted molar refractivity (Wildman–Crippen MR) is 120 cm³/mol. The Labute approximate surface area is 189 Å². The number of rotatable bonds is 2. The van der Waals surface area contributed by atoms with Gasteiger partial charge >= 0.3 is 0 Å². The zero-order valence-electron chi connectivity index (χ0n) is 18.2. The van der Waals surface area contributed by atoms with Crippen molar-refractivity contribution in [2.24, 2.45) is 0 Å². The maximum absolute atomic E-state index is 13.9. The molecule has 0 saturated heterocycles. The third-order valence-electron chi connectivity index (χ3n) is 6.30. The van der Waals surface area contributed by atoms with E-state index in [1.807, 2.05) is 6.07 Å². The summed E-state index contributed by atoms with van der Waals surface area (Å²) in [6.45, 7) is 0.808. The Kier molecular flexibility index (Phi) is 6.81. The summed E-state index contributed by atoms with van der Waals surface area (Å²) >= 11 is 0. The smallest absolute Gasteiger partial charge is 0.257 e. The Morgan fingerprint density at radius 2 is 1.72 bits per heavy atom. The number of ether oxygens (including phenoxy) is 1. The Morgan fingerprint density at radius 3 is 2.53 bits per heavy atom. The molecule has 0 bridgehead atoms. The molecule has 1 amide bonds. The second-order valence-corrected chi connectivity index (χ2v) is 10.4. The summed E-state index contributed by atoms with van der Waals surface area (Å²) in [6, 6.07) is 11.9. The Bertz CT molecular complexity index is 1080. The molecule has 0 aromatic heterocycles. The summed E-state index contributed by atoms with van der Waals surface area (Å²) in [7, 11) is -2.17. The first-order valence-corrected chi connectivity index (χ1v) is 12.6. The molecule has 1 saturated carbocycles. The van der Waals surface area contributed by atoms with Crippen LogP contribution in [0.3, 0.4) is 0 Å². The molecule has 2 aromatic carbocycles. The second-order valence-electron chi connectivity index (χ2n) is 8.51. The number of carbonyl (C=O) groups is 1. The number of para-hydroxylation sites is 1. The normalized spacial score (nSPS) is 23.3. The Hall–Kier alpha value is -2.45. The summed E-state index contributed by atoms with van der Waals surface area (Å²) < 4.78 is 48.9. The molecule has 2 aliphatic rings. The zero-order chi connectivity index (χ0) is 22.7. The molecular weight excluding hydrogens is 431 g/mol. The molecule has 1 heterocycles. The first-order valence-electron chi connectivity index (χ1n) is 11.2. The molecule has 172 valence electrons. The van der Waals surface area contributed by atoms with Gasteiger partial charge in [-0.1, -0.05) is 24.6 Å². The van der Waals surface area contributed by atoms with Gasteiger partial charge in [0.2, 0.25) is 10.0 Å². The average molecular weight is 461 g/mol. The number of halogens is 1. The van der Waals surface area contributed by atoms with Gasteiger partial charge in [0.25, 0.3) is 5.91 Å². The van der Waals surface area contributed by atoms with Crippen molar-refractivity contribution >= 4 is 15.9 Å². The lowest BCUT2D eigenvalue weighted by Crippen LogP contribution is -2.51. The standard InChI is InChI=1S/C24H29FN2O4S/c1-26-15-6-7-16-27(32(29,30)19-10-8-9-18(25)17-19)21-12-3-5-14-23(21)31-22-13-4-2-11-20(22)24(26)28/h2,4,8-11,13,17,21,23H,3,5-7,12,14-16H2,1H3/t21-,23+/m1/s1. The van der Waals surface area contributed by atoms with Crippen molar-refractivity contribution in [2.45, 2.75) is 55.6 Å². The highest BCUT2D eigenvalue weighted by molar-refractivity contribution is 7.89. The van der Waals surface area contributed by atoms with Crippen LogP contribution >= 0.6 is 0 Å². The molecule has 1 fully saturated rings. The maximum atomic E-state index is 13.9. The van der Waals surface area contributed by atoms with Crippen molar-refractivity contribution in [3.05, 3.63) is 59.9 Å². The van der Waals surface area contributed by atoms with Gasteiger partial charge in [0.05, 0.1) is 16.5 Å². The van der Waals surface area contributed by atoms with E-state index in [0.717, 1.165) is 18.9 Å². The molecule has 8 heteroatoms. The van der Waals surface area contributed by atoms with E-state index in [2.05, 4.69) is 0 Å². The lowest BCUT2D eigenvalue weighted by atomic mass is 9.92. The maximum Gasteiger partial charge on any atom is 0.257 e. The van der Waals surface area contributed by atoms with Gasteiger partial charge in [-0.2, -0.15) is 4.31 Å². The molecule has 32 heavy (non-hydrogen) atoms. The van der Waals surface area contributed by atoms with E-state index in [0.29, 0.717) is 50.1 Å². The van der Waals surface area contributed by atoms with Gasteiger partial charge < -0.3 is 9.64 Å². The fourth-order valence-corrected chi connectivity index (χ4v) is 6.35. The zero-order valence-corrected chi connectivity index (χ0v) is 19.1. The number of sulfonamides is 1. The Balaban J connectivity index is 1.75. The first kappa shape index (κ1) is 22.7. The van der Waals surface area contributed by atoms with Crippen LogP contribution in [0.2, 0.25) is 0 Å². The van der Waals surface area contributed by atoms with Crippen molar-refractivity contribution in [1.82, 2.24) is 9.21 Å². The average Bonchev–Trinajstić information content (AvgIpc) is 2.79. The molecule has 2 aromatic rings. The van der Waals surface area contributed by atoms with Crippen LogP contribution in [0.5, 0.6) is 5.75 Å². The van der Waals surface area contributed by atoms with Crippen LogP contribution in [0.1, 0.15) is 48.9 Å². The summed E-state index contributed by atoms with van der Waals surface area (Å²) in [5.41, 5.74) is 0.486. The molecule has 0 spiro atoms. The highest BCUT2D eigenvalue weighted by Crippen LogP contribution is 2.33. The number of amides is 1. The van der Waals surface area contributed by atoms with Gasteiger partial charge in [0, 0.05) is 20.1 Å². The van der Waals surface area contributed by atoms with E-state index in [1.165, 1.54) is 22.5 Å². The van der Waals surface area contributed by atoms with Crippen molar-refractivity contribution in [3.63, 3.8) is 0 Å². The number of carbonyl (C=O) groups excluding carboxylic acids is 1. The van der Waals surface area contributed by atoms with Crippen molar-refractivity contribution in [3.8, 4) is 5.75 Å². The predicted octanol–water partition coefficient (Wildman–Crippen LogP) is 4.07. The van der Waals surface area contributed by atoms with Crippen molar-refractivity contribution in [1.29, 1.82) is 0 Å². The molecular formula is C24H29FN2O4S. The third kappa shape index (κ3) is 4.66. The van der Waals surface area contributed by atoms with Crippen molar-refractivity contribution < 1.29 is 22.3 Å². The van der Waals surface area contributed by atoms with Crippen LogP contribution in [-0.2, 0) is 10.0 Å². The number of hydrogen-bond donors (Lipinski definition) is 0. The molecule has 0 radical (unpaired) electrons. The van der Waals surface area contributed by atoms with E-state index < -0.39 is 15.8 Å². The molecule has 2 atom stereocenters. The van der Waals surface area contributed by atoms with Crippen LogP contribution in [-0.4, -0.2) is 55.8 Å². The fourth-order valence-electron chi connectivity index (χ4n) is 4.60. The van der Waals surface area contributed by atoms with Gasteiger partial charge in [-0.05, 0) is 62.4 Å². The highest BCUT2D eigenvalue weighted by Gasteiger charge is 2.39. The number of fused-ring (bicyclic) bond motifs is 2. The summed E-state index contributed by atoms with van der Waals surface area (Å²) in [4.78, 5) is 14.6. The lowest BCUT2D eigenvalue weighted by molar-refractivity contribution is 0.0658. The quantitative estimate of drug-likeness (QED) is 0.678. The highest BCUT2D eigenvalue weighted by atomic mass is 32.2. The summed E-state index contributed by atoms with van der Waals surface area (Å²) in [5.74, 6) is -0.200. The second kappa shape index (κ2) is 9.58. The lowest BCUT2D eigenvalue weighted by Gasteiger charge is -2.39. The molecule has 1 aliphatic carbocycles. The van der Waals surface area contributed by atoms with E-state index >= 15 is 0 Å². The fraction of sp³-hybridized carbons (Fsp3) is 0.458. The minimum Gasteiger partial charge on any atom is -0.488 e.